The molecule has 0 aliphatic rings. The third-order valence-corrected chi connectivity index (χ3v) is 4.18. The molecule has 0 saturated carbocycles. The molecule has 0 fully saturated rings. The number of hydrogen-bond acceptors (Lipinski definition) is 5. The molecule has 4 N–H and O–H groups in total. The first-order valence-corrected chi connectivity index (χ1v) is 7.11. The summed E-state index contributed by atoms with van der Waals surface area (Å²) in [4.78, 5) is 14.9. The number of aryl methyl sites for hydroxylation is 1. The van der Waals surface area contributed by atoms with Gasteiger partial charge >= 0.3 is 5.97 Å². The normalized spacial score (nSPS) is 12.2. The van der Waals surface area contributed by atoms with E-state index in [0.717, 1.165) is 15.7 Å². The Morgan fingerprint density at radius 2 is 2.32 bits per heavy atom. The van der Waals surface area contributed by atoms with Crippen molar-refractivity contribution >= 4 is 44.1 Å². The van der Waals surface area contributed by atoms with Crippen LogP contribution in [0, 0.1) is 6.92 Å². The number of carbonyl (C=O) groups is 1. The minimum Gasteiger partial charge on any atom is -0.480 e. The van der Waals surface area contributed by atoms with Crippen LogP contribution in [0.2, 0.25) is 0 Å². The Labute approximate surface area is 122 Å². The summed E-state index contributed by atoms with van der Waals surface area (Å²) in [6.07, 6.45) is 0. The molecular weight excluding hydrogens is 330 g/mol. The molecule has 0 radical (unpaired) electrons. The van der Waals surface area contributed by atoms with Gasteiger partial charge < -0.3 is 16.2 Å². The topological polar surface area (TPSA) is 88.2 Å². The lowest BCUT2D eigenvalue weighted by Crippen LogP contribution is -2.20. The second-order valence-corrected chi connectivity index (χ2v) is 5.69. The molecule has 19 heavy (non-hydrogen) atoms. The Morgan fingerprint density at radius 3 is 2.95 bits per heavy atom. The number of aromatic nitrogens is 1. The summed E-state index contributed by atoms with van der Waals surface area (Å²) in [5.41, 5.74) is 7.85. The van der Waals surface area contributed by atoms with Crippen LogP contribution in [-0.2, 0) is 4.79 Å². The number of thiazole rings is 1. The standard InChI is InChI=1S/C12H12BrN3O2S/c1-6-4-7(2-3-8(6)13)15-12-16-9(5-19-12)10(14)11(17)18/h2-5,10H,14H2,1H3,(H,15,16)(H,17,18). The van der Waals surface area contributed by atoms with Crippen LogP contribution in [-0.4, -0.2) is 16.1 Å². The van der Waals surface area contributed by atoms with Gasteiger partial charge in [0.2, 0.25) is 0 Å². The number of rotatable bonds is 4. The van der Waals surface area contributed by atoms with Crippen molar-refractivity contribution in [1.82, 2.24) is 4.98 Å². The maximum atomic E-state index is 10.8. The first-order valence-electron chi connectivity index (χ1n) is 5.44. The Balaban J connectivity index is 2.15. The lowest BCUT2D eigenvalue weighted by atomic mass is 10.2. The number of carboxylic acids is 1. The molecule has 0 bridgehead atoms. The molecule has 1 aromatic carbocycles. The van der Waals surface area contributed by atoms with E-state index in [4.69, 9.17) is 10.8 Å². The maximum Gasteiger partial charge on any atom is 0.326 e. The van der Waals surface area contributed by atoms with Gasteiger partial charge in [-0.3, -0.25) is 4.79 Å². The van der Waals surface area contributed by atoms with Crippen molar-refractivity contribution in [3.63, 3.8) is 0 Å². The highest BCUT2D eigenvalue weighted by Crippen LogP contribution is 2.26. The number of nitrogens with one attached hydrogen (secondary N) is 1. The number of carboxylic acid groups (broad SMARTS) is 1. The number of nitrogens with zero attached hydrogens (tertiary/aromatic N) is 1. The lowest BCUT2D eigenvalue weighted by molar-refractivity contribution is -0.138. The van der Waals surface area contributed by atoms with E-state index in [1.54, 1.807) is 5.38 Å². The molecule has 2 aromatic rings. The van der Waals surface area contributed by atoms with Crippen molar-refractivity contribution in [3.8, 4) is 0 Å². The van der Waals surface area contributed by atoms with Crippen molar-refractivity contribution in [1.29, 1.82) is 0 Å². The van der Waals surface area contributed by atoms with Crippen molar-refractivity contribution in [2.75, 3.05) is 5.32 Å². The average molecular weight is 342 g/mol. The second-order valence-electron chi connectivity index (χ2n) is 3.98. The summed E-state index contributed by atoms with van der Waals surface area (Å²) in [7, 11) is 0. The molecule has 0 aliphatic carbocycles. The number of benzene rings is 1. The number of halogens is 1. The predicted molar refractivity (Wildman–Crippen MR) is 78.8 cm³/mol. The zero-order chi connectivity index (χ0) is 14.0. The molecule has 0 aliphatic heterocycles. The third-order valence-electron chi connectivity index (χ3n) is 2.52. The van der Waals surface area contributed by atoms with Crippen molar-refractivity contribution in [2.45, 2.75) is 13.0 Å². The Kier molecular flexibility index (Phi) is 4.18. The van der Waals surface area contributed by atoms with E-state index in [1.165, 1.54) is 11.3 Å². The number of aliphatic carboxylic acids is 1. The monoisotopic (exact) mass is 341 g/mol. The highest BCUT2D eigenvalue weighted by molar-refractivity contribution is 9.10. The summed E-state index contributed by atoms with van der Waals surface area (Å²) < 4.78 is 1.03. The second kappa shape index (κ2) is 5.68. The largest absolute Gasteiger partial charge is 0.480 e. The van der Waals surface area contributed by atoms with Crippen LogP contribution in [0.3, 0.4) is 0 Å². The average Bonchev–Trinajstić information content (AvgIpc) is 2.81. The minimum atomic E-state index is -1.09. The van der Waals surface area contributed by atoms with Gasteiger partial charge in [-0.2, -0.15) is 0 Å². The van der Waals surface area contributed by atoms with Gasteiger partial charge in [0, 0.05) is 15.5 Å². The van der Waals surface area contributed by atoms with Gasteiger partial charge in [0.15, 0.2) is 5.13 Å². The highest BCUT2D eigenvalue weighted by atomic mass is 79.9. The van der Waals surface area contributed by atoms with E-state index >= 15 is 0 Å². The van der Waals surface area contributed by atoms with Crippen LogP contribution in [0.15, 0.2) is 28.1 Å². The SMILES string of the molecule is Cc1cc(Nc2nc(C(N)C(=O)O)cs2)ccc1Br. The first kappa shape index (κ1) is 14.0. The summed E-state index contributed by atoms with van der Waals surface area (Å²) >= 11 is 4.75. The fraction of sp³-hybridized carbons (Fsp3) is 0.167. The van der Waals surface area contributed by atoms with Crippen LogP contribution < -0.4 is 11.1 Å². The summed E-state index contributed by atoms with van der Waals surface area (Å²) in [6, 6.07) is 4.74. The van der Waals surface area contributed by atoms with Gasteiger partial charge in [-0.15, -0.1) is 11.3 Å². The number of hydrogen-bond donors (Lipinski definition) is 3. The Morgan fingerprint density at radius 1 is 1.58 bits per heavy atom. The molecule has 1 unspecified atom stereocenters. The fourth-order valence-corrected chi connectivity index (χ4v) is 2.47. The molecule has 1 aromatic heterocycles. The van der Waals surface area contributed by atoms with E-state index in [9.17, 15) is 4.79 Å². The zero-order valence-corrected chi connectivity index (χ0v) is 12.5. The van der Waals surface area contributed by atoms with Crippen molar-refractivity contribution < 1.29 is 9.90 Å². The van der Waals surface area contributed by atoms with Gasteiger partial charge in [0.05, 0.1) is 5.69 Å². The van der Waals surface area contributed by atoms with Crippen LogP contribution >= 0.6 is 27.3 Å². The van der Waals surface area contributed by atoms with Crippen LogP contribution in [0.1, 0.15) is 17.3 Å². The molecule has 1 heterocycles. The number of anilines is 2. The molecule has 2 rings (SSSR count). The van der Waals surface area contributed by atoms with E-state index in [0.29, 0.717) is 10.8 Å². The Bertz CT molecular complexity index is 615. The van der Waals surface area contributed by atoms with Gasteiger partial charge in [0.1, 0.15) is 6.04 Å². The van der Waals surface area contributed by atoms with Gasteiger partial charge in [-0.1, -0.05) is 15.9 Å². The number of nitrogens with two attached hydrogens (primary N) is 1. The molecule has 0 amide bonds. The maximum absolute atomic E-state index is 10.8. The van der Waals surface area contributed by atoms with E-state index in [1.807, 2.05) is 25.1 Å². The fourth-order valence-electron chi connectivity index (χ4n) is 1.46. The van der Waals surface area contributed by atoms with Crippen LogP contribution in [0.4, 0.5) is 10.8 Å². The summed E-state index contributed by atoms with van der Waals surface area (Å²) in [6.45, 7) is 1.99. The summed E-state index contributed by atoms with van der Waals surface area (Å²) in [5, 5.41) is 14.2. The van der Waals surface area contributed by atoms with Crippen molar-refractivity contribution in [3.05, 3.63) is 39.3 Å². The molecule has 0 saturated heterocycles. The lowest BCUT2D eigenvalue weighted by Gasteiger charge is -2.05. The molecule has 100 valence electrons. The van der Waals surface area contributed by atoms with E-state index in [-0.39, 0.29) is 0 Å². The predicted octanol–water partition coefficient (Wildman–Crippen LogP) is 3.04. The molecule has 7 heteroatoms. The third kappa shape index (κ3) is 3.31. The summed E-state index contributed by atoms with van der Waals surface area (Å²) in [5.74, 6) is -1.09. The molecule has 1 atom stereocenters. The van der Waals surface area contributed by atoms with Gasteiger partial charge in [-0.05, 0) is 30.7 Å². The minimum absolute atomic E-state index is 0.355. The van der Waals surface area contributed by atoms with Crippen molar-refractivity contribution in [2.24, 2.45) is 5.73 Å². The van der Waals surface area contributed by atoms with Gasteiger partial charge in [0.25, 0.3) is 0 Å². The zero-order valence-electron chi connectivity index (χ0n) is 10.1. The smallest absolute Gasteiger partial charge is 0.326 e. The molecule has 0 spiro atoms. The van der Waals surface area contributed by atoms with Gasteiger partial charge in [-0.25, -0.2) is 4.98 Å². The Hall–Kier alpha value is -1.44. The van der Waals surface area contributed by atoms with E-state index in [2.05, 4.69) is 26.2 Å². The van der Waals surface area contributed by atoms with Crippen LogP contribution in [0.25, 0.3) is 0 Å². The first-order chi connectivity index (χ1) is 8.97. The van der Waals surface area contributed by atoms with Crippen LogP contribution in [0.5, 0.6) is 0 Å². The quantitative estimate of drug-likeness (QED) is 0.795. The van der Waals surface area contributed by atoms with E-state index < -0.39 is 12.0 Å². The molecular formula is C12H12BrN3O2S. The molecule has 5 nitrogen and oxygen atoms in total. The highest BCUT2D eigenvalue weighted by Gasteiger charge is 2.17.